The SMILES string of the molecule is N#CC(C#N)=CSc1ccc2ccccc2c1. The van der Waals surface area contributed by atoms with Gasteiger partial charge < -0.3 is 0 Å². The van der Waals surface area contributed by atoms with E-state index in [1.165, 1.54) is 17.1 Å². The van der Waals surface area contributed by atoms with Crippen LogP contribution in [-0.2, 0) is 0 Å². The predicted molar refractivity (Wildman–Crippen MR) is 69.1 cm³/mol. The first kappa shape index (κ1) is 11.3. The molecular formula is C14H8N2S. The molecule has 80 valence electrons. The van der Waals surface area contributed by atoms with E-state index >= 15 is 0 Å². The van der Waals surface area contributed by atoms with Crippen LogP contribution in [0.2, 0.25) is 0 Å². The summed E-state index contributed by atoms with van der Waals surface area (Å²) in [5.41, 5.74) is 0.128. The van der Waals surface area contributed by atoms with E-state index in [0.717, 1.165) is 10.3 Å². The number of benzene rings is 2. The molecule has 0 spiro atoms. The lowest BCUT2D eigenvalue weighted by atomic mass is 10.1. The molecule has 0 saturated heterocycles. The summed E-state index contributed by atoms with van der Waals surface area (Å²) in [5.74, 6) is 0. The van der Waals surface area contributed by atoms with Crippen molar-refractivity contribution in [3.63, 3.8) is 0 Å². The number of thioether (sulfide) groups is 1. The van der Waals surface area contributed by atoms with Crippen molar-refractivity contribution in [3.8, 4) is 12.1 Å². The van der Waals surface area contributed by atoms with Crippen molar-refractivity contribution >= 4 is 22.5 Å². The molecule has 0 aliphatic carbocycles. The van der Waals surface area contributed by atoms with E-state index in [1.54, 1.807) is 5.41 Å². The summed E-state index contributed by atoms with van der Waals surface area (Å²) in [7, 11) is 0. The maximum Gasteiger partial charge on any atom is 0.136 e. The minimum absolute atomic E-state index is 0.128. The monoisotopic (exact) mass is 236 g/mol. The van der Waals surface area contributed by atoms with Crippen LogP contribution in [0.4, 0.5) is 0 Å². The van der Waals surface area contributed by atoms with E-state index in [2.05, 4.69) is 6.07 Å². The largest absolute Gasteiger partial charge is 0.192 e. The molecule has 0 fully saturated rings. The van der Waals surface area contributed by atoms with Crippen LogP contribution in [0.25, 0.3) is 10.8 Å². The Morgan fingerprint density at radius 2 is 1.71 bits per heavy atom. The van der Waals surface area contributed by atoms with Gasteiger partial charge >= 0.3 is 0 Å². The Kier molecular flexibility index (Phi) is 3.45. The van der Waals surface area contributed by atoms with Crippen molar-refractivity contribution in [3.05, 3.63) is 53.4 Å². The Morgan fingerprint density at radius 1 is 1.00 bits per heavy atom. The minimum Gasteiger partial charge on any atom is -0.192 e. The summed E-state index contributed by atoms with van der Waals surface area (Å²) in [6.45, 7) is 0. The molecule has 0 radical (unpaired) electrons. The molecule has 2 nitrogen and oxygen atoms in total. The molecule has 0 amide bonds. The first-order valence-electron chi connectivity index (χ1n) is 4.99. The molecule has 0 atom stereocenters. The van der Waals surface area contributed by atoms with Crippen LogP contribution in [0.15, 0.2) is 58.3 Å². The lowest BCUT2D eigenvalue weighted by Gasteiger charge is -2.00. The summed E-state index contributed by atoms with van der Waals surface area (Å²) in [6.07, 6.45) is 0. The van der Waals surface area contributed by atoms with Crippen LogP contribution in [0.5, 0.6) is 0 Å². The molecule has 0 heterocycles. The smallest absolute Gasteiger partial charge is 0.136 e. The standard InChI is InChI=1S/C14H8N2S/c15-8-11(9-16)10-17-14-6-5-12-3-1-2-4-13(12)7-14/h1-7,10H. The predicted octanol–water partition coefficient (Wildman–Crippen LogP) is 3.86. The topological polar surface area (TPSA) is 47.6 Å². The fourth-order valence-corrected chi connectivity index (χ4v) is 2.15. The summed E-state index contributed by atoms with van der Waals surface area (Å²) >= 11 is 1.39. The van der Waals surface area contributed by atoms with Gasteiger partial charge in [-0.1, -0.05) is 42.1 Å². The van der Waals surface area contributed by atoms with Gasteiger partial charge in [-0.2, -0.15) is 10.5 Å². The normalized spacial score (nSPS) is 9.29. The molecule has 2 aromatic carbocycles. The first-order valence-corrected chi connectivity index (χ1v) is 5.87. The fourth-order valence-electron chi connectivity index (χ4n) is 1.45. The summed E-state index contributed by atoms with van der Waals surface area (Å²) in [6, 6.07) is 17.8. The first-order chi connectivity index (χ1) is 8.33. The van der Waals surface area contributed by atoms with Gasteiger partial charge in [0.1, 0.15) is 17.7 Å². The van der Waals surface area contributed by atoms with Crippen molar-refractivity contribution in [2.24, 2.45) is 0 Å². The number of allylic oxidation sites excluding steroid dienone is 1. The zero-order chi connectivity index (χ0) is 12.1. The zero-order valence-corrected chi connectivity index (χ0v) is 9.74. The van der Waals surface area contributed by atoms with Gasteiger partial charge in [0.05, 0.1) is 0 Å². The highest BCUT2D eigenvalue weighted by Crippen LogP contribution is 2.25. The number of rotatable bonds is 2. The van der Waals surface area contributed by atoms with Crippen LogP contribution in [0.1, 0.15) is 0 Å². The maximum absolute atomic E-state index is 8.62. The van der Waals surface area contributed by atoms with Crippen molar-refractivity contribution in [2.45, 2.75) is 4.90 Å². The lowest BCUT2D eigenvalue weighted by Crippen LogP contribution is -1.74. The van der Waals surface area contributed by atoms with Crippen LogP contribution in [0.3, 0.4) is 0 Å². The molecule has 0 aliphatic rings. The molecular weight excluding hydrogens is 228 g/mol. The quantitative estimate of drug-likeness (QED) is 0.587. The molecule has 0 N–H and O–H groups in total. The minimum atomic E-state index is 0.128. The van der Waals surface area contributed by atoms with Crippen LogP contribution in [0, 0.1) is 22.7 Å². The number of nitrogens with zero attached hydrogens (tertiary/aromatic N) is 2. The number of nitriles is 2. The third-order valence-electron chi connectivity index (χ3n) is 2.27. The Hall–Kier alpha value is -2.23. The average molecular weight is 236 g/mol. The van der Waals surface area contributed by atoms with Crippen molar-refractivity contribution in [2.75, 3.05) is 0 Å². The highest BCUT2D eigenvalue weighted by Gasteiger charge is 1.97. The van der Waals surface area contributed by atoms with Gasteiger partial charge in [0.15, 0.2) is 0 Å². The third kappa shape index (κ3) is 2.66. The number of hydrogen-bond donors (Lipinski definition) is 0. The zero-order valence-electron chi connectivity index (χ0n) is 8.92. The molecule has 2 aromatic rings. The molecule has 0 bridgehead atoms. The Balaban J connectivity index is 2.30. The highest BCUT2D eigenvalue weighted by atomic mass is 32.2. The van der Waals surface area contributed by atoms with Crippen LogP contribution < -0.4 is 0 Å². The Labute approximate surface area is 104 Å². The van der Waals surface area contributed by atoms with Crippen molar-refractivity contribution < 1.29 is 0 Å². The summed E-state index contributed by atoms with van der Waals surface area (Å²) in [4.78, 5) is 1.02. The van der Waals surface area contributed by atoms with Gasteiger partial charge in [-0.15, -0.1) is 0 Å². The highest BCUT2D eigenvalue weighted by molar-refractivity contribution is 8.02. The fraction of sp³-hybridized carbons (Fsp3) is 0. The molecule has 2 rings (SSSR count). The average Bonchev–Trinajstić information content (AvgIpc) is 2.40. The number of hydrogen-bond acceptors (Lipinski definition) is 3. The second kappa shape index (κ2) is 5.21. The summed E-state index contributed by atoms with van der Waals surface area (Å²) in [5, 5.41) is 21.2. The van der Waals surface area contributed by atoms with Crippen molar-refractivity contribution in [1.29, 1.82) is 10.5 Å². The van der Waals surface area contributed by atoms with Gasteiger partial charge in [-0.25, -0.2) is 0 Å². The van der Waals surface area contributed by atoms with Gasteiger partial charge in [-0.3, -0.25) is 0 Å². The molecule has 0 saturated carbocycles. The van der Waals surface area contributed by atoms with E-state index in [9.17, 15) is 0 Å². The van der Waals surface area contributed by atoms with Gasteiger partial charge in [-0.05, 0) is 22.9 Å². The third-order valence-corrected chi connectivity index (χ3v) is 3.15. The maximum atomic E-state index is 8.62. The van der Waals surface area contributed by atoms with Crippen LogP contribution >= 0.6 is 11.8 Å². The van der Waals surface area contributed by atoms with Gasteiger partial charge in [0.2, 0.25) is 0 Å². The molecule has 0 unspecified atom stereocenters. The molecule has 3 heteroatoms. The Bertz CT molecular complexity index is 644. The van der Waals surface area contributed by atoms with E-state index in [-0.39, 0.29) is 5.57 Å². The lowest BCUT2D eigenvalue weighted by molar-refractivity contribution is 1.47. The number of fused-ring (bicyclic) bond motifs is 1. The van der Waals surface area contributed by atoms with Gasteiger partial charge in [0, 0.05) is 10.3 Å². The molecule has 0 aliphatic heterocycles. The van der Waals surface area contributed by atoms with E-state index in [1.807, 2.05) is 48.5 Å². The summed E-state index contributed by atoms with van der Waals surface area (Å²) < 4.78 is 0. The van der Waals surface area contributed by atoms with Crippen molar-refractivity contribution in [1.82, 2.24) is 0 Å². The van der Waals surface area contributed by atoms with E-state index in [0.29, 0.717) is 0 Å². The van der Waals surface area contributed by atoms with E-state index < -0.39 is 0 Å². The molecule has 17 heavy (non-hydrogen) atoms. The second-order valence-corrected chi connectivity index (χ2v) is 4.32. The second-order valence-electron chi connectivity index (χ2n) is 3.38. The molecule has 0 aromatic heterocycles. The van der Waals surface area contributed by atoms with Gasteiger partial charge in [0.25, 0.3) is 0 Å². The van der Waals surface area contributed by atoms with Crippen LogP contribution in [-0.4, -0.2) is 0 Å². The van der Waals surface area contributed by atoms with E-state index in [4.69, 9.17) is 10.5 Å². The Morgan fingerprint density at radius 3 is 2.41 bits per heavy atom.